The fraction of sp³-hybridized carbons (Fsp3) is 0.300. The third-order valence-corrected chi connectivity index (χ3v) is 6.09. The van der Waals surface area contributed by atoms with E-state index in [1.807, 2.05) is 0 Å². The Morgan fingerprint density at radius 2 is 2.27 bits per heavy atom. The number of hydrogen-bond donors (Lipinski definition) is 2. The second-order valence-corrected chi connectivity index (χ2v) is 7.99. The quantitative estimate of drug-likeness (QED) is 0.570. The van der Waals surface area contributed by atoms with Crippen LogP contribution in [-0.4, -0.2) is 41.1 Å². The Kier molecular flexibility index (Phi) is 5.40. The lowest BCUT2D eigenvalue weighted by Crippen LogP contribution is -2.43. The number of nitro groups is 1. The van der Waals surface area contributed by atoms with Crippen LogP contribution in [0.3, 0.4) is 0 Å². The topological polar surface area (TPSA) is 114 Å². The second-order valence-electron chi connectivity index (χ2n) is 6.89. The number of fused-ring (bicyclic) bond motifs is 3. The molecule has 10 heteroatoms. The Balaban J connectivity index is 1.51. The van der Waals surface area contributed by atoms with Crippen molar-refractivity contribution in [3.8, 4) is 0 Å². The number of non-ortho nitro benzene ring substituents is 1. The van der Waals surface area contributed by atoms with Gasteiger partial charge in [0.15, 0.2) is 0 Å². The summed E-state index contributed by atoms with van der Waals surface area (Å²) >= 11 is 1.47. The van der Waals surface area contributed by atoms with Crippen molar-refractivity contribution in [2.24, 2.45) is 0 Å². The van der Waals surface area contributed by atoms with Crippen molar-refractivity contribution in [2.45, 2.75) is 26.1 Å². The minimum atomic E-state index is -0.444. The number of ether oxygens (including phenoxy) is 1. The number of thiophene rings is 1. The van der Waals surface area contributed by atoms with Gasteiger partial charge in [0.1, 0.15) is 11.2 Å². The summed E-state index contributed by atoms with van der Waals surface area (Å²) in [4.78, 5) is 37.8. The smallest absolute Gasteiger partial charge is 0.410 e. The molecule has 2 aromatic rings. The zero-order valence-corrected chi connectivity index (χ0v) is 17.0. The van der Waals surface area contributed by atoms with E-state index in [-0.39, 0.29) is 17.7 Å². The molecule has 0 fully saturated rings. The van der Waals surface area contributed by atoms with E-state index in [4.69, 9.17) is 4.74 Å². The van der Waals surface area contributed by atoms with Gasteiger partial charge in [-0.3, -0.25) is 14.9 Å². The maximum absolute atomic E-state index is 12.7. The van der Waals surface area contributed by atoms with Gasteiger partial charge in [-0.25, -0.2) is 4.79 Å². The van der Waals surface area contributed by atoms with Gasteiger partial charge in [-0.15, -0.1) is 11.3 Å². The third kappa shape index (κ3) is 3.86. The summed E-state index contributed by atoms with van der Waals surface area (Å²) in [6.45, 7) is 3.03. The molecular formula is C20H20N4O5S. The molecule has 0 saturated carbocycles. The SMILES string of the molecule is CCOC(=O)N1CCc2c(sc3c2C(=O)NC(C=Cc2cccc([N+](=O)[O-])c2)N3)C1. The van der Waals surface area contributed by atoms with Crippen LogP contribution in [0.25, 0.3) is 6.08 Å². The predicted molar refractivity (Wildman–Crippen MR) is 112 cm³/mol. The van der Waals surface area contributed by atoms with Crippen molar-refractivity contribution < 1.29 is 19.2 Å². The van der Waals surface area contributed by atoms with Gasteiger partial charge in [-0.2, -0.15) is 0 Å². The summed E-state index contributed by atoms with van der Waals surface area (Å²) < 4.78 is 5.08. The van der Waals surface area contributed by atoms with Crippen molar-refractivity contribution in [2.75, 3.05) is 18.5 Å². The highest BCUT2D eigenvalue weighted by atomic mass is 32.1. The molecule has 1 aromatic carbocycles. The van der Waals surface area contributed by atoms with Crippen LogP contribution in [0.5, 0.6) is 0 Å². The molecule has 1 atom stereocenters. The number of carbonyl (C=O) groups is 2. The van der Waals surface area contributed by atoms with Crippen LogP contribution < -0.4 is 10.6 Å². The Hall–Kier alpha value is -3.40. The van der Waals surface area contributed by atoms with E-state index in [0.717, 1.165) is 15.4 Å². The average molecular weight is 428 g/mol. The number of nitrogens with zero attached hydrogens (tertiary/aromatic N) is 2. The summed E-state index contributed by atoms with van der Waals surface area (Å²) in [5.41, 5.74) is 2.29. The number of hydrogen-bond acceptors (Lipinski definition) is 7. The number of nitrogens with one attached hydrogen (secondary N) is 2. The Morgan fingerprint density at radius 1 is 1.43 bits per heavy atom. The van der Waals surface area contributed by atoms with Gasteiger partial charge >= 0.3 is 6.09 Å². The minimum absolute atomic E-state index is 0.0113. The molecule has 3 heterocycles. The largest absolute Gasteiger partial charge is 0.450 e. The molecule has 0 bridgehead atoms. The molecular weight excluding hydrogens is 408 g/mol. The molecule has 9 nitrogen and oxygen atoms in total. The standard InChI is InChI=1S/C20H20N4O5S/c1-2-29-20(26)23-9-8-14-15(11-23)30-19-17(14)18(25)21-16(22-19)7-6-12-4-3-5-13(10-12)24(27)28/h3-7,10,16,22H,2,8-9,11H2,1H3,(H,21,25). The molecule has 2 amide bonds. The van der Waals surface area contributed by atoms with Crippen LogP contribution in [0, 0.1) is 10.1 Å². The van der Waals surface area contributed by atoms with Gasteiger partial charge in [-0.05, 0) is 30.5 Å². The molecule has 0 aliphatic carbocycles. The molecule has 0 radical (unpaired) electrons. The van der Waals surface area contributed by atoms with E-state index >= 15 is 0 Å². The fourth-order valence-electron chi connectivity index (χ4n) is 3.55. The molecule has 156 valence electrons. The second kappa shape index (κ2) is 8.15. The van der Waals surface area contributed by atoms with Crippen LogP contribution in [0.2, 0.25) is 0 Å². The highest BCUT2D eigenvalue weighted by Crippen LogP contribution is 2.39. The van der Waals surface area contributed by atoms with Gasteiger partial charge < -0.3 is 20.3 Å². The third-order valence-electron chi connectivity index (χ3n) is 4.95. The molecule has 30 heavy (non-hydrogen) atoms. The van der Waals surface area contributed by atoms with Gasteiger partial charge in [-0.1, -0.05) is 18.2 Å². The molecule has 0 saturated heterocycles. The van der Waals surface area contributed by atoms with E-state index in [9.17, 15) is 19.7 Å². The normalized spacial score (nSPS) is 17.7. The Labute approximate surface area is 176 Å². The first-order valence-electron chi connectivity index (χ1n) is 9.52. The first-order valence-corrected chi connectivity index (χ1v) is 10.3. The average Bonchev–Trinajstić information content (AvgIpc) is 3.10. The number of nitro benzene ring substituents is 1. The van der Waals surface area contributed by atoms with Crippen LogP contribution in [0.1, 0.15) is 33.3 Å². The molecule has 2 aliphatic heterocycles. The molecule has 0 spiro atoms. The zero-order valence-electron chi connectivity index (χ0n) is 16.2. The van der Waals surface area contributed by atoms with E-state index < -0.39 is 11.1 Å². The van der Waals surface area contributed by atoms with E-state index in [1.54, 1.807) is 36.1 Å². The van der Waals surface area contributed by atoms with E-state index in [2.05, 4.69) is 10.6 Å². The molecule has 4 rings (SSSR count). The molecule has 2 N–H and O–H groups in total. The maximum atomic E-state index is 12.7. The van der Waals surface area contributed by atoms with Crippen molar-refractivity contribution in [3.63, 3.8) is 0 Å². The van der Waals surface area contributed by atoms with Gasteiger partial charge in [0.2, 0.25) is 0 Å². The van der Waals surface area contributed by atoms with Crippen molar-refractivity contribution >= 4 is 40.1 Å². The summed E-state index contributed by atoms with van der Waals surface area (Å²) in [5, 5.41) is 17.9. The lowest BCUT2D eigenvalue weighted by atomic mass is 10.0. The van der Waals surface area contributed by atoms with Gasteiger partial charge in [0.05, 0.1) is 23.6 Å². The number of anilines is 1. The number of amides is 2. The lowest BCUT2D eigenvalue weighted by molar-refractivity contribution is -0.384. The van der Waals surface area contributed by atoms with Crippen LogP contribution >= 0.6 is 11.3 Å². The van der Waals surface area contributed by atoms with Crippen molar-refractivity contribution in [1.82, 2.24) is 10.2 Å². The van der Waals surface area contributed by atoms with Crippen LogP contribution in [0.4, 0.5) is 15.5 Å². The molecule has 1 aromatic heterocycles. The van der Waals surface area contributed by atoms with Gasteiger partial charge in [0.25, 0.3) is 11.6 Å². The monoisotopic (exact) mass is 428 g/mol. The summed E-state index contributed by atoms with van der Waals surface area (Å²) in [6, 6.07) is 6.28. The fourth-order valence-corrected chi connectivity index (χ4v) is 4.85. The number of carbonyl (C=O) groups excluding carboxylic acids is 2. The Morgan fingerprint density at radius 3 is 3.03 bits per heavy atom. The number of benzene rings is 1. The lowest BCUT2D eigenvalue weighted by Gasteiger charge is -2.27. The molecule has 1 unspecified atom stereocenters. The van der Waals surface area contributed by atoms with Gasteiger partial charge in [0, 0.05) is 23.6 Å². The zero-order chi connectivity index (χ0) is 21.3. The van der Waals surface area contributed by atoms with Crippen LogP contribution in [0.15, 0.2) is 30.3 Å². The molecule has 2 aliphatic rings. The Bertz CT molecular complexity index is 1050. The van der Waals surface area contributed by atoms with E-state index in [1.165, 1.54) is 23.5 Å². The van der Waals surface area contributed by atoms with Crippen LogP contribution in [-0.2, 0) is 17.7 Å². The highest BCUT2D eigenvalue weighted by Gasteiger charge is 2.33. The predicted octanol–water partition coefficient (Wildman–Crippen LogP) is 3.37. The maximum Gasteiger partial charge on any atom is 0.410 e. The summed E-state index contributed by atoms with van der Waals surface area (Å²) in [6.07, 6.45) is 3.30. The number of rotatable bonds is 4. The van der Waals surface area contributed by atoms with E-state index in [0.29, 0.717) is 37.2 Å². The minimum Gasteiger partial charge on any atom is -0.450 e. The van der Waals surface area contributed by atoms with Crippen molar-refractivity contribution in [3.05, 3.63) is 62.0 Å². The summed E-state index contributed by atoms with van der Waals surface area (Å²) in [5.74, 6) is -0.167. The van der Waals surface area contributed by atoms with Crippen molar-refractivity contribution in [1.29, 1.82) is 0 Å². The first-order chi connectivity index (χ1) is 14.5. The summed E-state index contributed by atoms with van der Waals surface area (Å²) in [7, 11) is 0. The highest BCUT2D eigenvalue weighted by molar-refractivity contribution is 7.16. The first kappa shape index (κ1) is 19.9.